The summed E-state index contributed by atoms with van der Waals surface area (Å²) in [4.78, 5) is 14.3. The third kappa shape index (κ3) is 1.41. The molecular weight excluding hydrogens is 256 g/mol. The molecule has 2 aliphatic heterocycles. The zero-order chi connectivity index (χ0) is 13.3. The van der Waals surface area contributed by atoms with E-state index in [0.717, 1.165) is 25.7 Å². The number of hydrogen-bond donors (Lipinski definition) is 0. The molecule has 1 spiro atoms. The second-order valence-electron chi connectivity index (χ2n) is 6.26. The van der Waals surface area contributed by atoms with Crippen molar-refractivity contribution in [1.82, 2.24) is 4.90 Å². The fraction of sp³-hybridized carbons (Fsp3) is 0.923. The van der Waals surface area contributed by atoms with Crippen molar-refractivity contribution in [3.8, 4) is 0 Å². The minimum atomic E-state index is -2.75. The van der Waals surface area contributed by atoms with Crippen LogP contribution < -0.4 is 0 Å². The third-order valence-electron chi connectivity index (χ3n) is 5.45. The monoisotopic (exact) mass is 273 g/mol. The van der Waals surface area contributed by atoms with E-state index in [4.69, 9.17) is 4.74 Å². The molecule has 4 rings (SSSR count). The largest absolute Gasteiger partial charge is 0.374 e. The Labute approximate surface area is 110 Å². The number of ether oxygens (including phenoxy) is 2. The van der Waals surface area contributed by atoms with E-state index in [1.54, 1.807) is 4.90 Å². The van der Waals surface area contributed by atoms with E-state index in [1.165, 1.54) is 0 Å². The van der Waals surface area contributed by atoms with E-state index in [0.29, 0.717) is 25.6 Å². The number of fused-ring (bicyclic) bond motifs is 2. The van der Waals surface area contributed by atoms with Gasteiger partial charge in [0.15, 0.2) is 0 Å². The van der Waals surface area contributed by atoms with Crippen LogP contribution in [0.25, 0.3) is 0 Å². The second kappa shape index (κ2) is 3.67. The van der Waals surface area contributed by atoms with E-state index < -0.39 is 12.7 Å². The van der Waals surface area contributed by atoms with Gasteiger partial charge in [-0.3, -0.25) is 4.79 Å². The predicted molar refractivity (Wildman–Crippen MR) is 60.5 cm³/mol. The molecule has 2 heterocycles. The first-order valence-electron chi connectivity index (χ1n) is 6.94. The Balaban J connectivity index is 1.43. The number of rotatable bonds is 3. The van der Waals surface area contributed by atoms with Crippen LogP contribution in [0.4, 0.5) is 8.78 Å². The van der Waals surface area contributed by atoms with Crippen LogP contribution in [0.15, 0.2) is 0 Å². The van der Waals surface area contributed by atoms with Crippen LogP contribution in [0.3, 0.4) is 0 Å². The van der Waals surface area contributed by atoms with Gasteiger partial charge in [0.1, 0.15) is 0 Å². The molecule has 106 valence electrons. The third-order valence-corrected chi connectivity index (χ3v) is 5.45. The molecule has 0 N–H and O–H groups in total. The Bertz CT molecular complexity index is 420. The van der Waals surface area contributed by atoms with Gasteiger partial charge in [0.2, 0.25) is 5.91 Å². The number of carbonyl (C=O) groups excluding carboxylic acids is 1. The highest BCUT2D eigenvalue weighted by molar-refractivity contribution is 5.89. The van der Waals surface area contributed by atoms with Crippen LogP contribution >= 0.6 is 0 Å². The predicted octanol–water partition coefficient (Wildman–Crippen LogP) is 1.40. The van der Waals surface area contributed by atoms with Crippen molar-refractivity contribution < 1.29 is 23.0 Å². The number of nitrogens with zero attached hydrogens (tertiary/aromatic N) is 1. The van der Waals surface area contributed by atoms with Gasteiger partial charge in [0.05, 0.1) is 23.7 Å². The molecule has 1 amide bonds. The summed E-state index contributed by atoms with van der Waals surface area (Å²) in [5.41, 5.74) is -0.537. The standard InChI is InChI=1S/C13H17F2NO3/c14-11(15)19-9-5-16(6-9)10(17)13-4-8(13)7-18-12(13)2-1-3-12/h8-9,11H,1-7H2/t8-,13-/m0/s1. The quantitative estimate of drug-likeness (QED) is 0.780. The maximum Gasteiger partial charge on any atom is 0.345 e. The zero-order valence-corrected chi connectivity index (χ0v) is 10.6. The summed E-state index contributed by atoms with van der Waals surface area (Å²) >= 11 is 0. The Morgan fingerprint density at radius 2 is 2.11 bits per heavy atom. The first-order chi connectivity index (χ1) is 9.07. The fourth-order valence-electron chi connectivity index (χ4n) is 4.14. The minimum Gasteiger partial charge on any atom is -0.374 e. The molecule has 6 heteroatoms. The van der Waals surface area contributed by atoms with Crippen LogP contribution in [-0.4, -0.2) is 48.8 Å². The summed E-state index contributed by atoms with van der Waals surface area (Å²) in [6.45, 7) is -1.46. The van der Waals surface area contributed by atoms with Crippen molar-refractivity contribution in [2.24, 2.45) is 11.3 Å². The molecule has 0 unspecified atom stereocenters. The fourth-order valence-corrected chi connectivity index (χ4v) is 4.14. The van der Waals surface area contributed by atoms with Crippen LogP contribution in [-0.2, 0) is 14.3 Å². The summed E-state index contributed by atoms with van der Waals surface area (Å²) in [5, 5.41) is 0. The Morgan fingerprint density at radius 3 is 2.63 bits per heavy atom. The van der Waals surface area contributed by atoms with Crippen molar-refractivity contribution in [1.29, 1.82) is 0 Å². The lowest BCUT2D eigenvalue weighted by Crippen LogP contribution is -2.61. The van der Waals surface area contributed by atoms with Gasteiger partial charge in [-0.05, 0) is 25.7 Å². The Kier molecular flexibility index (Phi) is 2.32. The molecule has 19 heavy (non-hydrogen) atoms. The molecule has 2 aliphatic carbocycles. The summed E-state index contributed by atoms with van der Waals surface area (Å²) in [7, 11) is 0. The molecule has 2 saturated carbocycles. The van der Waals surface area contributed by atoms with Crippen molar-refractivity contribution >= 4 is 5.91 Å². The summed E-state index contributed by atoms with van der Waals surface area (Å²) < 4.78 is 34.4. The lowest BCUT2D eigenvalue weighted by atomic mass is 9.68. The highest BCUT2D eigenvalue weighted by atomic mass is 19.3. The summed E-state index contributed by atoms with van der Waals surface area (Å²) in [6.07, 6.45) is 3.49. The molecule has 0 aromatic carbocycles. The average Bonchev–Trinajstić information content (AvgIpc) is 2.89. The van der Waals surface area contributed by atoms with Gasteiger partial charge in [0.25, 0.3) is 0 Å². The van der Waals surface area contributed by atoms with Gasteiger partial charge in [0, 0.05) is 19.0 Å². The van der Waals surface area contributed by atoms with Gasteiger partial charge >= 0.3 is 6.61 Å². The molecule has 4 aliphatic rings. The van der Waals surface area contributed by atoms with Crippen LogP contribution in [0.1, 0.15) is 25.7 Å². The van der Waals surface area contributed by atoms with Gasteiger partial charge in [-0.2, -0.15) is 8.78 Å². The van der Waals surface area contributed by atoms with Gasteiger partial charge in [-0.1, -0.05) is 0 Å². The van der Waals surface area contributed by atoms with Gasteiger partial charge in [-0.15, -0.1) is 0 Å². The Morgan fingerprint density at radius 1 is 1.37 bits per heavy atom. The molecule has 2 atom stereocenters. The average molecular weight is 273 g/mol. The van der Waals surface area contributed by atoms with Crippen molar-refractivity contribution in [2.45, 2.75) is 44.0 Å². The van der Waals surface area contributed by atoms with E-state index in [2.05, 4.69) is 4.74 Å². The topological polar surface area (TPSA) is 38.8 Å². The van der Waals surface area contributed by atoms with E-state index in [9.17, 15) is 13.6 Å². The normalized spacial score (nSPS) is 39.1. The molecule has 0 bridgehead atoms. The number of likely N-dealkylation sites (tertiary alicyclic amines) is 1. The molecule has 0 radical (unpaired) electrons. The SMILES string of the molecule is O=C(N1CC(OC(F)F)C1)[C@]12C[C@H]1COC21CCC1. The lowest BCUT2D eigenvalue weighted by Gasteiger charge is -2.48. The van der Waals surface area contributed by atoms with E-state index >= 15 is 0 Å². The van der Waals surface area contributed by atoms with Crippen LogP contribution in [0.2, 0.25) is 0 Å². The second-order valence-corrected chi connectivity index (χ2v) is 6.26. The van der Waals surface area contributed by atoms with E-state index in [-0.39, 0.29) is 16.9 Å². The maximum atomic E-state index is 12.6. The highest BCUT2D eigenvalue weighted by Gasteiger charge is 2.78. The van der Waals surface area contributed by atoms with E-state index in [1.807, 2.05) is 0 Å². The van der Waals surface area contributed by atoms with Crippen LogP contribution in [0.5, 0.6) is 0 Å². The summed E-state index contributed by atoms with van der Waals surface area (Å²) in [6, 6.07) is 0. The molecule has 0 aromatic rings. The maximum absolute atomic E-state index is 12.6. The highest BCUT2D eigenvalue weighted by Crippen LogP contribution is 2.72. The number of amides is 1. The first kappa shape index (κ1) is 12.0. The molecule has 2 saturated heterocycles. The van der Waals surface area contributed by atoms with Gasteiger partial charge in [-0.25, -0.2) is 0 Å². The Hall–Kier alpha value is -0.750. The van der Waals surface area contributed by atoms with Crippen molar-refractivity contribution in [2.75, 3.05) is 19.7 Å². The smallest absolute Gasteiger partial charge is 0.345 e. The number of halogens is 2. The number of carbonyl (C=O) groups is 1. The van der Waals surface area contributed by atoms with Crippen LogP contribution in [0, 0.1) is 11.3 Å². The van der Waals surface area contributed by atoms with Gasteiger partial charge < -0.3 is 14.4 Å². The summed E-state index contributed by atoms with van der Waals surface area (Å²) in [5.74, 6) is 0.471. The first-order valence-corrected chi connectivity index (χ1v) is 6.94. The molecule has 0 aromatic heterocycles. The van der Waals surface area contributed by atoms with Crippen molar-refractivity contribution in [3.05, 3.63) is 0 Å². The lowest BCUT2D eigenvalue weighted by molar-refractivity contribution is -0.205. The molecular formula is C13H17F2NO3. The minimum absolute atomic E-state index is 0.115. The molecule has 4 fully saturated rings. The van der Waals surface area contributed by atoms with Crippen molar-refractivity contribution in [3.63, 3.8) is 0 Å². The zero-order valence-electron chi connectivity index (χ0n) is 10.6. The number of alkyl halides is 2. The molecule has 4 nitrogen and oxygen atoms in total. The number of hydrogen-bond acceptors (Lipinski definition) is 3.